The van der Waals surface area contributed by atoms with E-state index in [-0.39, 0.29) is 17.5 Å². The molecule has 1 aromatic heterocycles. The van der Waals surface area contributed by atoms with E-state index in [1.807, 2.05) is 68.4 Å². The molecule has 32 heavy (non-hydrogen) atoms. The Bertz CT molecular complexity index is 1200. The van der Waals surface area contributed by atoms with Crippen molar-refractivity contribution in [2.45, 2.75) is 20.4 Å². The number of nitrogens with zero attached hydrogens (tertiary/aromatic N) is 5. The molecule has 2 heterocycles. The first-order chi connectivity index (χ1) is 15.5. The molecule has 0 atom stereocenters. The van der Waals surface area contributed by atoms with Crippen LogP contribution in [0.5, 0.6) is 0 Å². The summed E-state index contributed by atoms with van der Waals surface area (Å²) in [5, 5.41) is 16.5. The fourth-order valence-corrected chi connectivity index (χ4v) is 3.76. The van der Waals surface area contributed by atoms with E-state index in [1.54, 1.807) is 12.3 Å². The number of hydrogen-bond donors (Lipinski definition) is 0. The Labute approximate surface area is 189 Å². The van der Waals surface area contributed by atoms with Gasteiger partial charge in [0.25, 0.3) is 12.1 Å². The minimum atomic E-state index is -0.409. The molecule has 3 aromatic rings. The summed E-state index contributed by atoms with van der Waals surface area (Å²) < 4.78 is 6.55. The summed E-state index contributed by atoms with van der Waals surface area (Å²) >= 11 is 1.15. The monoisotopic (exact) mass is 447 g/mol. The number of aryl methyl sites for hydroxylation is 2. The molecule has 1 aliphatic rings. The predicted molar refractivity (Wildman–Crippen MR) is 122 cm³/mol. The van der Waals surface area contributed by atoms with Crippen molar-refractivity contribution >= 4 is 46.4 Å². The van der Waals surface area contributed by atoms with E-state index in [0.29, 0.717) is 23.1 Å². The summed E-state index contributed by atoms with van der Waals surface area (Å²) in [6.45, 7) is 4.52. The van der Waals surface area contributed by atoms with Crippen LogP contribution in [0.2, 0.25) is 0 Å². The van der Waals surface area contributed by atoms with Gasteiger partial charge in [0, 0.05) is 5.75 Å². The van der Waals surface area contributed by atoms with Crippen LogP contribution in [0, 0.1) is 6.92 Å². The van der Waals surface area contributed by atoms with Gasteiger partial charge in [-0.1, -0.05) is 64.5 Å². The van der Waals surface area contributed by atoms with Crippen molar-refractivity contribution in [3.05, 3.63) is 77.6 Å². The molecule has 4 rings (SSSR count). The normalized spacial score (nSPS) is 15.5. The van der Waals surface area contributed by atoms with Gasteiger partial charge in [-0.3, -0.25) is 14.2 Å². The molecule has 9 heteroatoms. The molecule has 0 spiro atoms. The Morgan fingerprint density at radius 3 is 2.66 bits per heavy atom. The second-order valence-corrected chi connectivity index (χ2v) is 7.94. The summed E-state index contributed by atoms with van der Waals surface area (Å²) in [5.74, 6) is -0.515. The highest BCUT2D eigenvalue weighted by atomic mass is 32.2. The average Bonchev–Trinajstić information content (AvgIpc) is 3.38. The zero-order valence-electron chi connectivity index (χ0n) is 17.6. The Morgan fingerprint density at radius 1 is 1.22 bits per heavy atom. The highest BCUT2D eigenvalue weighted by Crippen LogP contribution is 2.29. The van der Waals surface area contributed by atoms with Crippen LogP contribution in [0.4, 0.5) is 11.6 Å². The molecule has 0 fully saturated rings. The minimum absolute atomic E-state index is 0.0000829. The van der Waals surface area contributed by atoms with Crippen molar-refractivity contribution in [1.82, 2.24) is 5.27 Å². The van der Waals surface area contributed by atoms with Gasteiger partial charge < -0.3 is 5.11 Å². The smallest absolute Gasteiger partial charge is 0.320 e. The van der Waals surface area contributed by atoms with Crippen LogP contribution in [0.3, 0.4) is 0 Å². The number of amides is 1. The standard InChI is InChI=1S/C23H21N5O3S/c1-3-27-14-21(31-26-27)25-20(29)15-32-23-24-19(13-17-11-9-16(2)10-12-17)22(30)28(23)18-7-5-4-6-8-18/h4-14H,3,15H2,1-2H3/b19-13+. The fraction of sp³-hybridized carbons (Fsp3) is 0.174. The average molecular weight is 448 g/mol. The molecule has 1 aliphatic heterocycles. The van der Waals surface area contributed by atoms with E-state index < -0.39 is 5.90 Å². The Balaban J connectivity index is 1.58. The first kappa shape index (κ1) is 21.5. The van der Waals surface area contributed by atoms with Crippen LogP contribution in [-0.2, 0) is 11.3 Å². The lowest BCUT2D eigenvalue weighted by Crippen LogP contribution is -2.32. The van der Waals surface area contributed by atoms with Crippen molar-refractivity contribution in [2.75, 3.05) is 10.7 Å². The number of anilines is 1. The second-order valence-electron chi connectivity index (χ2n) is 7.00. The van der Waals surface area contributed by atoms with Crippen molar-refractivity contribution in [1.29, 1.82) is 0 Å². The number of carbonyl (C=O) groups is 1. The Hall–Kier alpha value is -3.72. The maximum atomic E-state index is 13.2. The molecule has 1 amide bonds. The second kappa shape index (κ2) is 9.61. The van der Waals surface area contributed by atoms with Crippen LogP contribution in [0.25, 0.3) is 6.08 Å². The number of thioether (sulfide) groups is 1. The first-order valence-corrected chi connectivity index (χ1v) is 11.0. The molecular weight excluding hydrogens is 426 g/mol. The van der Waals surface area contributed by atoms with Gasteiger partial charge in [-0.25, -0.2) is 9.98 Å². The lowest BCUT2D eigenvalue weighted by Gasteiger charge is -2.18. The zero-order valence-corrected chi connectivity index (χ0v) is 18.5. The summed E-state index contributed by atoms with van der Waals surface area (Å²) in [7, 11) is 0. The number of aromatic nitrogens is 2. The lowest BCUT2D eigenvalue weighted by atomic mass is 10.1. The number of amidine groups is 1. The molecule has 0 aliphatic carbocycles. The Kier molecular flexibility index (Phi) is 6.46. The van der Waals surface area contributed by atoms with E-state index in [0.717, 1.165) is 22.9 Å². The van der Waals surface area contributed by atoms with Crippen LogP contribution in [-0.4, -0.2) is 28.0 Å². The molecule has 0 bridgehead atoms. The molecular formula is C23H21N5O3S. The molecule has 8 nitrogen and oxygen atoms in total. The Morgan fingerprint density at radius 2 is 1.97 bits per heavy atom. The third kappa shape index (κ3) is 4.94. The van der Waals surface area contributed by atoms with Crippen molar-refractivity contribution in [2.24, 2.45) is 9.98 Å². The topological polar surface area (TPSA) is 98.0 Å². The number of para-hydroxylation sites is 1. The summed E-state index contributed by atoms with van der Waals surface area (Å²) in [6, 6.07) is 17.1. The number of hydrogen-bond acceptors (Lipinski definition) is 7. The molecule has 0 N–H and O–H groups in total. The van der Waals surface area contributed by atoms with Crippen LogP contribution in [0.15, 0.2) is 81.0 Å². The van der Waals surface area contributed by atoms with E-state index in [9.17, 15) is 9.90 Å². The molecule has 0 saturated heterocycles. The van der Waals surface area contributed by atoms with Gasteiger partial charge in [0.1, 0.15) is 5.70 Å². The maximum Gasteiger partial charge on any atom is 0.320 e. The summed E-state index contributed by atoms with van der Waals surface area (Å²) in [6.07, 6.45) is 3.30. The third-order valence-electron chi connectivity index (χ3n) is 4.61. The number of carbonyl (C=O) groups excluding carboxylic acids is 1. The van der Waals surface area contributed by atoms with E-state index in [2.05, 4.69) is 15.3 Å². The molecule has 0 saturated carbocycles. The van der Waals surface area contributed by atoms with Crippen molar-refractivity contribution in [3.8, 4) is 0 Å². The van der Waals surface area contributed by atoms with Gasteiger partial charge in [0.05, 0.1) is 5.69 Å². The maximum absolute atomic E-state index is 13.2. The summed E-state index contributed by atoms with van der Waals surface area (Å²) in [5.41, 5.74) is 3.00. The first-order valence-electron chi connectivity index (χ1n) is 10.0. The van der Waals surface area contributed by atoms with Gasteiger partial charge >= 0.3 is 5.88 Å². The van der Waals surface area contributed by atoms with Crippen LogP contribution < -0.4 is 14.7 Å². The molecule has 0 unspecified atom stereocenters. The van der Waals surface area contributed by atoms with Crippen molar-refractivity contribution < 1.29 is 19.1 Å². The van der Waals surface area contributed by atoms with Gasteiger partial charge in [-0.05, 0) is 43.5 Å². The predicted octanol–water partition coefficient (Wildman–Crippen LogP) is 2.86. The van der Waals surface area contributed by atoms with E-state index in [4.69, 9.17) is 4.52 Å². The lowest BCUT2D eigenvalue weighted by molar-refractivity contribution is -0.759. The van der Waals surface area contributed by atoms with Gasteiger partial charge in [0.2, 0.25) is 5.27 Å². The molecule has 2 aromatic carbocycles. The number of rotatable bonds is 6. The molecule has 0 radical (unpaired) electrons. The van der Waals surface area contributed by atoms with Gasteiger partial charge in [0.15, 0.2) is 11.7 Å². The van der Waals surface area contributed by atoms with E-state index >= 15 is 0 Å². The highest BCUT2D eigenvalue weighted by Gasteiger charge is 2.31. The largest absolute Gasteiger partial charge is 0.861 e. The third-order valence-corrected chi connectivity index (χ3v) is 5.53. The highest BCUT2D eigenvalue weighted by molar-refractivity contribution is 8.14. The number of aliphatic imine (C=N–C) groups is 2. The number of benzene rings is 2. The fourth-order valence-electron chi connectivity index (χ4n) is 2.97. The molecule has 162 valence electrons. The van der Waals surface area contributed by atoms with Gasteiger partial charge in [-0.15, -0.1) is 0 Å². The SMILES string of the molecule is CC[n+]1cc(/N=C(/[O-])CSC2=N/C(=C/c3ccc(C)cc3)C(=O)N2c2ccccc2)on1. The van der Waals surface area contributed by atoms with Crippen LogP contribution >= 0.6 is 11.8 Å². The van der Waals surface area contributed by atoms with Gasteiger partial charge in [-0.2, -0.15) is 0 Å². The minimum Gasteiger partial charge on any atom is -0.861 e. The van der Waals surface area contributed by atoms with E-state index in [1.165, 1.54) is 9.58 Å². The van der Waals surface area contributed by atoms with Crippen molar-refractivity contribution in [3.63, 3.8) is 0 Å². The quantitative estimate of drug-likeness (QED) is 0.250. The summed E-state index contributed by atoms with van der Waals surface area (Å²) in [4.78, 5) is 23.1. The van der Waals surface area contributed by atoms with Crippen LogP contribution in [0.1, 0.15) is 18.1 Å². The zero-order chi connectivity index (χ0) is 22.5.